The summed E-state index contributed by atoms with van der Waals surface area (Å²) in [5.74, 6) is 0.611. The van der Waals surface area contributed by atoms with Gasteiger partial charge in [0.2, 0.25) is 5.91 Å². The van der Waals surface area contributed by atoms with E-state index in [4.69, 9.17) is 4.42 Å². The summed E-state index contributed by atoms with van der Waals surface area (Å²) in [6.07, 6.45) is 3.33. The Kier molecular flexibility index (Phi) is 4.05. The van der Waals surface area contributed by atoms with Gasteiger partial charge in [0.05, 0.1) is 6.04 Å². The standard InChI is InChI=1S/C19H17NO2/c1-14(18-13-16-9-5-6-10-17(16)22-18)20-19(21)12-11-15-7-3-2-4-8-15/h2-14H,1H3,(H,20,21)/b12-11+/t14-/m0/s1. The summed E-state index contributed by atoms with van der Waals surface area (Å²) in [4.78, 5) is 12.0. The van der Waals surface area contributed by atoms with Crippen molar-refractivity contribution < 1.29 is 9.21 Å². The van der Waals surface area contributed by atoms with E-state index in [1.165, 1.54) is 6.08 Å². The van der Waals surface area contributed by atoms with Crippen molar-refractivity contribution in [2.45, 2.75) is 13.0 Å². The number of carbonyl (C=O) groups excluding carboxylic acids is 1. The average molecular weight is 291 g/mol. The van der Waals surface area contributed by atoms with Gasteiger partial charge in [-0.25, -0.2) is 0 Å². The maximum Gasteiger partial charge on any atom is 0.244 e. The van der Waals surface area contributed by atoms with Crippen LogP contribution in [0.5, 0.6) is 0 Å². The first-order chi connectivity index (χ1) is 10.7. The maximum absolute atomic E-state index is 12.0. The van der Waals surface area contributed by atoms with Crippen molar-refractivity contribution in [1.29, 1.82) is 0 Å². The van der Waals surface area contributed by atoms with Crippen LogP contribution in [-0.4, -0.2) is 5.91 Å². The Labute approximate surface area is 129 Å². The lowest BCUT2D eigenvalue weighted by molar-refractivity contribution is -0.117. The molecule has 110 valence electrons. The van der Waals surface area contributed by atoms with Crippen molar-refractivity contribution >= 4 is 23.0 Å². The Hall–Kier alpha value is -2.81. The predicted molar refractivity (Wildman–Crippen MR) is 88.2 cm³/mol. The number of amides is 1. The Balaban J connectivity index is 1.67. The minimum atomic E-state index is -0.180. The third-order valence-electron chi connectivity index (χ3n) is 3.46. The van der Waals surface area contributed by atoms with E-state index in [-0.39, 0.29) is 11.9 Å². The van der Waals surface area contributed by atoms with Crippen molar-refractivity contribution in [3.63, 3.8) is 0 Å². The van der Waals surface area contributed by atoms with Crippen LogP contribution in [0.4, 0.5) is 0 Å². The first kappa shape index (κ1) is 14.1. The number of hydrogen-bond acceptors (Lipinski definition) is 2. The number of para-hydroxylation sites is 1. The van der Waals surface area contributed by atoms with E-state index in [0.29, 0.717) is 0 Å². The molecule has 1 aromatic heterocycles. The zero-order valence-electron chi connectivity index (χ0n) is 12.3. The Morgan fingerprint density at radius 3 is 2.59 bits per heavy atom. The van der Waals surface area contributed by atoms with Gasteiger partial charge in [0, 0.05) is 11.5 Å². The van der Waals surface area contributed by atoms with Gasteiger partial charge in [-0.2, -0.15) is 0 Å². The minimum Gasteiger partial charge on any atom is -0.459 e. The number of nitrogens with one attached hydrogen (secondary N) is 1. The Bertz CT molecular complexity index is 769. The molecular weight excluding hydrogens is 274 g/mol. The minimum absolute atomic E-state index is 0.142. The van der Waals surface area contributed by atoms with Crippen LogP contribution in [0.15, 0.2) is 71.2 Å². The van der Waals surface area contributed by atoms with E-state index in [1.54, 1.807) is 6.08 Å². The number of hydrogen-bond donors (Lipinski definition) is 1. The highest BCUT2D eigenvalue weighted by Gasteiger charge is 2.12. The molecular formula is C19H17NO2. The zero-order chi connectivity index (χ0) is 15.4. The van der Waals surface area contributed by atoms with Crippen molar-refractivity contribution in [2.75, 3.05) is 0 Å². The molecule has 3 aromatic rings. The van der Waals surface area contributed by atoms with Crippen LogP contribution in [0, 0.1) is 0 Å². The molecule has 0 spiro atoms. The van der Waals surface area contributed by atoms with Crippen LogP contribution >= 0.6 is 0 Å². The molecule has 1 N–H and O–H groups in total. The Morgan fingerprint density at radius 1 is 1.09 bits per heavy atom. The van der Waals surface area contributed by atoms with E-state index >= 15 is 0 Å². The third kappa shape index (κ3) is 3.26. The van der Waals surface area contributed by atoms with Crippen LogP contribution < -0.4 is 5.32 Å². The van der Waals surface area contributed by atoms with Crippen LogP contribution in [-0.2, 0) is 4.79 Å². The van der Waals surface area contributed by atoms with Gasteiger partial charge in [-0.15, -0.1) is 0 Å². The van der Waals surface area contributed by atoms with Gasteiger partial charge in [-0.05, 0) is 30.7 Å². The van der Waals surface area contributed by atoms with Gasteiger partial charge in [0.15, 0.2) is 0 Å². The predicted octanol–water partition coefficient (Wildman–Crippen LogP) is 4.32. The lowest BCUT2D eigenvalue weighted by Gasteiger charge is -2.09. The van der Waals surface area contributed by atoms with Gasteiger partial charge in [0.1, 0.15) is 11.3 Å². The summed E-state index contributed by atoms with van der Waals surface area (Å²) in [7, 11) is 0. The first-order valence-corrected chi connectivity index (χ1v) is 7.24. The number of furan rings is 1. The van der Waals surface area contributed by atoms with E-state index < -0.39 is 0 Å². The van der Waals surface area contributed by atoms with E-state index in [2.05, 4.69) is 5.32 Å². The van der Waals surface area contributed by atoms with Crippen LogP contribution in [0.25, 0.3) is 17.0 Å². The maximum atomic E-state index is 12.0. The molecule has 2 aromatic carbocycles. The Morgan fingerprint density at radius 2 is 1.82 bits per heavy atom. The van der Waals surface area contributed by atoms with Crippen molar-refractivity contribution in [2.24, 2.45) is 0 Å². The molecule has 1 amide bonds. The van der Waals surface area contributed by atoms with E-state index in [1.807, 2.05) is 67.6 Å². The van der Waals surface area contributed by atoms with Crippen LogP contribution in [0.3, 0.4) is 0 Å². The molecule has 0 saturated heterocycles. The molecule has 22 heavy (non-hydrogen) atoms. The summed E-state index contributed by atoms with van der Waals surface area (Å²) in [5, 5.41) is 3.95. The zero-order valence-corrected chi connectivity index (χ0v) is 12.3. The highest BCUT2D eigenvalue weighted by molar-refractivity contribution is 5.92. The molecule has 0 unspecified atom stereocenters. The first-order valence-electron chi connectivity index (χ1n) is 7.24. The smallest absolute Gasteiger partial charge is 0.244 e. The second kappa shape index (κ2) is 6.31. The van der Waals surface area contributed by atoms with E-state index in [0.717, 1.165) is 22.3 Å². The van der Waals surface area contributed by atoms with Gasteiger partial charge < -0.3 is 9.73 Å². The number of carbonyl (C=O) groups is 1. The molecule has 3 heteroatoms. The van der Waals surface area contributed by atoms with Crippen molar-refractivity contribution in [3.8, 4) is 0 Å². The monoisotopic (exact) mass is 291 g/mol. The molecule has 1 heterocycles. The summed E-state index contributed by atoms with van der Waals surface area (Å²) in [5.41, 5.74) is 1.83. The lowest BCUT2D eigenvalue weighted by Crippen LogP contribution is -2.24. The summed E-state index contributed by atoms with van der Waals surface area (Å²) in [6, 6.07) is 19.3. The fraction of sp³-hybridized carbons (Fsp3) is 0.105. The number of fused-ring (bicyclic) bond motifs is 1. The van der Waals surface area contributed by atoms with Crippen molar-refractivity contribution in [3.05, 3.63) is 78.1 Å². The molecule has 3 rings (SSSR count). The highest BCUT2D eigenvalue weighted by Crippen LogP contribution is 2.23. The topological polar surface area (TPSA) is 42.2 Å². The van der Waals surface area contributed by atoms with Gasteiger partial charge in [0.25, 0.3) is 0 Å². The third-order valence-corrected chi connectivity index (χ3v) is 3.46. The summed E-state index contributed by atoms with van der Waals surface area (Å²) in [6.45, 7) is 1.91. The quantitative estimate of drug-likeness (QED) is 0.727. The molecule has 0 aliphatic rings. The second-order valence-electron chi connectivity index (χ2n) is 5.16. The van der Waals surface area contributed by atoms with Gasteiger partial charge in [-0.3, -0.25) is 4.79 Å². The SMILES string of the molecule is C[C@H](NC(=O)/C=C/c1ccccc1)c1cc2ccccc2o1. The molecule has 1 atom stereocenters. The fourth-order valence-electron chi connectivity index (χ4n) is 2.28. The second-order valence-corrected chi connectivity index (χ2v) is 5.16. The fourth-order valence-corrected chi connectivity index (χ4v) is 2.28. The van der Waals surface area contributed by atoms with Gasteiger partial charge in [-0.1, -0.05) is 48.5 Å². The molecule has 0 fully saturated rings. The largest absolute Gasteiger partial charge is 0.459 e. The van der Waals surface area contributed by atoms with Crippen molar-refractivity contribution in [1.82, 2.24) is 5.32 Å². The lowest BCUT2D eigenvalue weighted by atomic mass is 10.2. The van der Waals surface area contributed by atoms with E-state index in [9.17, 15) is 4.79 Å². The summed E-state index contributed by atoms with van der Waals surface area (Å²) >= 11 is 0. The van der Waals surface area contributed by atoms with Gasteiger partial charge >= 0.3 is 0 Å². The molecule has 0 radical (unpaired) electrons. The molecule has 0 aliphatic carbocycles. The number of benzene rings is 2. The van der Waals surface area contributed by atoms with Crippen LogP contribution in [0.2, 0.25) is 0 Å². The molecule has 0 bridgehead atoms. The van der Waals surface area contributed by atoms with Crippen LogP contribution in [0.1, 0.15) is 24.3 Å². The summed E-state index contributed by atoms with van der Waals surface area (Å²) < 4.78 is 5.75. The molecule has 0 aliphatic heterocycles. The average Bonchev–Trinajstić information content (AvgIpc) is 2.98. The number of rotatable bonds is 4. The normalized spacial score (nSPS) is 12.6. The molecule has 3 nitrogen and oxygen atoms in total. The highest BCUT2D eigenvalue weighted by atomic mass is 16.3. The molecule has 0 saturated carbocycles.